The molecule has 0 amide bonds. The first-order chi connectivity index (χ1) is 9.24. The monoisotopic (exact) mass is 254 g/mol. The molecule has 0 aliphatic heterocycles. The molecule has 2 aromatic carbocycles. The molecule has 2 nitrogen and oxygen atoms in total. The SMILES string of the molecule is Cc1ccc(NCCCNc2ccc(C)cc2)cc1. The molecule has 2 N–H and O–H groups in total. The van der Waals surface area contributed by atoms with Crippen molar-refractivity contribution in [1.29, 1.82) is 0 Å². The quantitative estimate of drug-likeness (QED) is 0.754. The fourth-order valence-corrected chi connectivity index (χ4v) is 1.90. The van der Waals surface area contributed by atoms with Gasteiger partial charge in [0.2, 0.25) is 0 Å². The Hall–Kier alpha value is -1.96. The molecule has 0 aliphatic carbocycles. The summed E-state index contributed by atoms with van der Waals surface area (Å²) in [6.45, 7) is 6.19. The molecule has 0 heterocycles. The highest BCUT2D eigenvalue weighted by atomic mass is 14.9. The summed E-state index contributed by atoms with van der Waals surface area (Å²) in [7, 11) is 0. The van der Waals surface area contributed by atoms with E-state index < -0.39 is 0 Å². The normalized spacial score (nSPS) is 10.2. The van der Waals surface area contributed by atoms with Gasteiger partial charge in [0.05, 0.1) is 0 Å². The van der Waals surface area contributed by atoms with Gasteiger partial charge in [0.25, 0.3) is 0 Å². The van der Waals surface area contributed by atoms with Gasteiger partial charge in [-0.25, -0.2) is 0 Å². The van der Waals surface area contributed by atoms with Crippen LogP contribution in [0, 0.1) is 13.8 Å². The van der Waals surface area contributed by atoms with Crippen LogP contribution in [0.15, 0.2) is 48.5 Å². The molecule has 0 aromatic heterocycles. The van der Waals surface area contributed by atoms with Crippen LogP contribution in [-0.2, 0) is 0 Å². The molecule has 0 aliphatic rings. The maximum Gasteiger partial charge on any atom is 0.0340 e. The predicted molar refractivity (Wildman–Crippen MR) is 84.0 cm³/mol. The van der Waals surface area contributed by atoms with Crippen LogP contribution >= 0.6 is 0 Å². The number of hydrogen-bond acceptors (Lipinski definition) is 2. The average molecular weight is 254 g/mol. The van der Waals surface area contributed by atoms with E-state index in [1.807, 2.05) is 0 Å². The van der Waals surface area contributed by atoms with Gasteiger partial charge in [-0.3, -0.25) is 0 Å². The van der Waals surface area contributed by atoms with E-state index in [9.17, 15) is 0 Å². The Morgan fingerprint density at radius 2 is 1.00 bits per heavy atom. The summed E-state index contributed by atoms with van der Waals surface area (Å²) < 4.78 is 0. The van der Waals surface area contributed by atoms with Gasteiger partial charge in [0, 0.05) is 24.5 Å². The second kappa shape index (κ2) is 6.83. The van der Waals surface area contributed by atoms with Crippen LogP contribution in [0.4, 0.5) is 11.4 Å². The largest absolute Gasteiger partial charge is 0.385 e. The average Bonchev–Trinajstić information content (AvgIpc) is 2.43. The second-order valence-electron chi connectivity index (χ2n) is 4.94. The third-order valence-corrected chi connectivity index (χ3v) is 3.11. The standard InChI is InChI=1S/C17H22N2/c1-14-4-8-16(9-5-14)18-12-3-13-19-17-10-6-15(2)7-11-17/h4-11,18-19H,3,12-13H2,1-2H3. The Morgan fingerprint density at radius 1 is 0.632 bits per heavy atom. The highest BCUT2D eigenvalue weighted by molar-refractivity contribution is 5.45. The van der Waals surface area contributed by atoms with E-state index in [-0.39, 0.29) is 0 Å². The Kier molecular flexibility index (Phi) is 4.85. The maximum absolute atomic E-state index is 3.43. The van der Waals surface area contributed by atoms with Crippen LogP contribution < -0.4 is 10.6 Å². The van der Waals surface area contributed by atoms with Crippen molar-refractivity contribution in [2.24, 2.45) is 0 Å². The van der Waals surface area contributed by atoms with E-state index in [1.54, 1.807) is 0 Å². The van der Waals surface area contributed by atoms with Gasteiger partial charge in [-0.05, 0) is 44.5 Å². The van der Waals surface area contributed by atoms with Crippen LogP contribution in [0.25, 0.3) is 0 Å². The molecule has 0 bridgehead atoms. The van der Waals surface area contributed by atoms with Crippen molar-refractivity contribution >= 4 is 11.4 Å². The minimum atomic E-state index is 0.988. The summed E-state index contributed by atoms with van der Waals surface area (Å²) in [6, 6.07) is 17.0. The summed E-state index contributed by atoms with van der Waals surface area (Å²) in [6.07, 6.45) is 1.10. The summed E-state index contributed by atoms with van der Waals surface area (Å²) in [4.78, 5) is 0. The Labute approximate surface area is 115 Å². The van der Waals surface area contributed by atoms with E-state index in [0.29, 0.717) is 0 Å². The van der Waals surface area contributed by atoms with Gasteiger partial charge in [-0.2, -0.15) is 0 Å². The van der Waals surface area contributed by atoms with E-state index in [0.717, 1.165) is 19.5 Å². The zero-order valence-corrected chi connectivity index (χ0v) is 11.7. The third kappa shape index (κ3) is 4.66. The van der Waals surface area contributed by atoms with Crippen molar-refractivity contribution in [3.63, 3.8) is 0 Å². The van der Waals surface area contributed by atoms with Crippen LogP contribution in [0.3, 0.4) is 0 Å². The van der Waals surface area contributed by atoms with Crippen molar-refractivity contribution in [2.45, 2.75) is 20.3 Å². The van der Waals surface area contributed by atoms with Gasteiger partial charge < -0.3 is 10.6 Å². The molecule has 0 atom stereocenters. The van der Waals surface area contributed by atoms with Crippen molar-refractivity contribution in [2.75, 3.05) is 23.7 Å². The van der Waals surface area contributed by atoms with Crippen LogP contribution in [-0.4, -0.2) is 13.1 Å². The van der Waals surface area contributed by atoms with E-state index in [4.69, 9.17) is 0 Å². The molecule has 0 saturated heterocycles. The highest BCUT2D eigenvalue weighted by Crippen LogP contribution is 2.09. The van der Waals surface area contributed by atoms with E-state index in [2.05, 4.69) is 73.0 Å². The van der Waals surface area contributed by atoms with Crippen molar-refractivity contribution in [3.05, 3.63) is 59.7 Å². The molecule has 0 radical (unpaired) electrons. The van der Waals surface area contributed by atoms with Crippen molar-refractivity contribution in [1.82, 2.24) is 0 Å². The topological polar surface area (TPSA) is 24.1 Å². The minimum Gasteiger partial charge on any atom is -0.385 e. The molecular formula is C17H22N2. The third-order valence-electron chi connectivity index (χ3n) is 3.11. The molecule has 0 saturated carbocycles. The fourth-order valence-electron chi connectivity index (χ4n) is 1.90. The molecule has 2 aromatic rings. The lowest BCUT2D eigenvalue weighted by molar-refractivity contribution is 0.909. The molecule has 100 valence electrons. The van der Waals surface area contributed by atoms with Crippen molar-refractivity contribution < 1.29 is 0 Å². The molecular weight excluding hydrogens is 232 g/mol. The van der Waals surface area contributed by atoms with Crippen molar-refractivity contribution in [3.8, 4) is 0 Å². The van der Waals surface area contributed by atoms with Crippen LogP contribution in [0.1, 0.15) is 17.5 Å². The number of hydrogen-bond donors (Lipinski definition) is 2. The lowest BCUT2D eigenvalue weighted by Crippen LogP contribution is -2.09. The Morgan fingerprint density at radius 3 is 1.37 bits per heavy atom. The van der Waals surface area contributed by atoms with Gasteiger partial charge in [0.15, 0.2) is 0 Å². The molecule has 0 fully saturated rings. The van der Waals surface area contributed by atoms with E-state index >= 15 is 0 Å². The fraction of sp³-hybridized carbons (Fsp3) is 0.294. The van der Waals surface area contributed by atoms with E-state index in [1.165, 1.54) is 22.5 Å². The minimum absolute atomic E-state index is 0.988. The van der Waals surface area contributed by atoms with Gasteiger partial charge in [-0.1, -0.05) is 35.4 Å². The molecule has 0 unspecified atom stereocenters. The zero-order chi connectivity index (χ0) is 13.5. The molecule has 2 heteroatoms. The molecule has 0 spiro atoms. The van der Waals surface area contributed by atoms with Crippen LogP contribution in [0.5, 0.6) is 0 Å². The first-order valence-corrected chi connectivity index (χ1v) is 6.85. The van der Waals surface area contributed by atoms with Gasteiger partial charge >= 0.3 is 0 Å². The number of benzene rings is 2. The van der Waals surface area contributed by atoms with Gasteiger partial charge in [-0.15, -0.1) is 0 Å². The lowest BCUT2D eigenvalue weighted by atomic mass is 10.2. The first-order valence-electron chi connectivity index (χ1n) is 6.85. The highest BCUT2D eigenvalue weighted by Gasteiger charge is 1.93. The number of anilines is 2. The predicted octanol–water partition coefficient (Wildman–Crippen LogP) is 4.22. The smallest absolute Gasteiger partial charge is 0.0340 e. The summed E-state index contributed by atoms with van der Waals surface area (Å²) >= 11 is 0. The molecule has 19 heavy (non-hydrogen) atoms. The number of rotatable bonds is 6. The number of nitrogens with one attached hydrogen (secondary N) is 2. The summed E-state index contributed by atoms with van der Waals surface area (Å²) in [5.74, 6) is 0. The lowest BCUT2D eigenvalue weighted by Gasteiger charge is -2.09. The Balaban J connectivity index is 1.64. The van der Waals surface area contributed by atoms with Crippen LogP contribution in [0.2, 0.25) is 0 Å². The summed E-state index contributed by atoms with van der Waals surface area (Å²) in [5.41, 5.74) is 4.99. The molecule has 2 rings (SSSR count). The summed E-state index contributed by atoms with van der Waals surface area (Å²) in [5, 5.41) is 6.85. The number of aryl methyl sites for hydroxylation is 2. The zero-order valence-electron chi connectivity index (χ0n) is 11.7. The first kappa shape index (κ1) is 13.5. The Bertz CT molecular complexity index is 438. The second-order valence-corrected chi connectivity index (χ2v) is 4.94. The van der Waals surface area contributed by atoms with Gasteiger partial charge in [0.1, 0.15) is 0 Å². The maximum atomic E-state index is 3.43.